The number of hydrogen-bond acceptors (Lipinski definition) is 3. The Labute approximate surface area is 128 Å². The van der Waals surface area contributed by atoms with E-state index < -0.39 is 11.6 Å². The second-order valence-electron chi connectivity index (χ2n) is 7.79. The first kappa shape index (κ1) is 17.7. The standard InChI is InChI=1S/C18H28O3/c1-16(2,3)14(17(4,5)6)18(20,15(19)21-7)13-11-9-8-10-12-13/h8-12,14,20H,1-7H3. The molecule has 0 aliphatic heterocycles. The van der Waals surface area contributed by atoms with Gasteiger partial charge in [-0.25, -0.2) is 4.79 Å². The second-order valence-corrected chi connectivity index (χ2v) is 7.79. The number of hydrogen-bond donors (Lipinski definition) is 1. The molecule has 0 heterocycles. The van der Waals surface area contributed by atoms with Crippen LogP contribution < -0.4 is 0 Å². The van der Waals surface area contributed by atoms with E-state index in [4.69, 9.17) is 4.74 Å². The van der Waals surface area contributed by atoms with Gasteiger partial charge in [-0.3, -0.25) is 0 Å². The van der Waals surface area contributed by atoms with Crippen LogP contribution >= 0.6 is 0 Å². The average molecular weight is 292 g/mol. The van der Waals surface area contributed by atoms with Crippen molar-refractivity contribution in [1.82, 2.24) is 0 Å². The molecule has 0 radical (unpaired) electrons. The van der Waals surface area contributed by atoms with Gasteiger partial charge in [0.05, 0.1) is 7.11 Å². The van der Waals surface area contributed by atoms with Crippen molar-refractivity contribution < 1.29 is 14.6 Å². The maximum atomic E-state index is 12.5. The molecular weight excluding hydrogens is 264 g/mol. The molecule has 0 saturated carbocycles. The highest BCUT2D eigenvalue weighted by atomic mass is 16.5. The molecule has 0 bridgehead atoms. The van der Waals surface area contributed by atoms with Crippen molar-refractivity contribution in [3.05, 3.63) is 35.9 Å². The van der Waals surface area contributed by atoms with Crippen LogP contribution in [0.5, 0.6) is 0 Å². The van der Waals surface area contributed by atoms with Crippen molar-refractivity contribution in [3.63, 3.8) is 0 Å². The number of ether oxygens (including phenoxy) is 1. The van der Waals surface area contributed by atoms with Gasteiger partial charge in [0.25, 0.3) is 0 Å². The van der Waals surface area contributed by atoms with Crippen molar-refractivity contribution in [2.75, 3.05) is 7.11 Å². The molecule has 1 aromatic rings. The van der Waals surface area contributed by atoms with E-state index in [1.165, 1.54) is 7.11 Å². The molecule has 21 heavy (non-hydrogen) atoms. The fourth-order valence-corrected chi connectivity index (χ4v) is 3.80. The molecule has 1 unspecified atom stereocenters. The minimum absolute atomic E-state index is 0.281. The summed E-state index contributed by atoms with van der Waals surface area (Å²) in [5.74, 6) is -0.920. The van der Waals surface area contributed by atoms with Gasteiger partial charge in [-0.1, -0.05) is 71.9 Å². The number of benzene rings is 1. The van der Waals surface area contributed by atoms with E-state index in [0.717, 1.165) is 0 Å². The third-order valence-electron chi connectivity index (χ3n) is 3.86. The normalized spacial score (nSPS) is 15.7. The predicted molar refractivity (Wildman–Crippen MR) is 84.8 cm³/mol. The summed E-state index contributed by atoms with van der Waals surface area (Å²) in [6.07, 6.45) is 0. The SMILES string of the molecule is COC(=O)C(O)(c1ccccc1)C(C(C)(C)C)C(C)(C)C. The molecule has 0 saturated heterocycles. The molecule has 0 aliphatic rings. The Morgan fingerprint density at radius 2 is 1.43 bits per heavy atom. The third kappa shape index (κ3) is 3.46. The second kappa shape index (κ2) is 5.80. The summed E-state index contributed by atoms with van der Waals surface area (Å²) in [7, 11) is 1.32. The number of carbonyl (C=O) groups excluding carboxylic acids is 1. The van der Waals surface area contributed by atoms with Gasteiger partial charge >= 0.3 is 5.97 Å². The molecule has 1 rings (SSSR count). The van der Waals surface area contributed by atoms with Gasteiger partial charge in [0.2, 0.25) is 0 Å². The molecule has 0 aliphatic carbocycles. The number of esters is 1. The van der Waals surface area contributed by atoms with Crippen molar-refractivity contribution in [2.24, 2.45) is 16.7 Å². The summed E-state index contributed by atoms with van der Waals surface area (Å²) in [6.45, 7) is 12.2. The van der Waals surface area contributed by atoms with E-state index >= 15 is 0 Å². The lowest BCUT2D eigenvalue weighted by atomic mass is 9.57. The highest BCUT2D eigenvalue weighted by Crippen LogP contribution is 2.51. The molecule has 0 amide bonds. The lowest BCUT2D eigenvalue weighted by Gasteiger charge is -2.49. The van der Waals surface area contributed by atoms with Crippen LogP contribution in [0.15, 0.2) is 30.3 Å². The third-order valence-corrected chi connectivity index (χ3v) is 3.86. The molecule has 1 atom stereocenters. The lowest BCUT2D eigenvalue weighted by molar-refractivity contribution is -0.186. The van der Waals surface area contributed by atoms with Crippen LogP contribution in [-0.4, -0.2) is 18.2 Å². The van der Waals surface area contributed by atoms with Crippen LogP contribution in [0.2, 0.25) is 0 Å². The Morgan fingerprint density at radius 1 is 1.00 bits per heavy atom. The van der Waals surface area contributed by atoms with E-state index in [1.807, 2.05) is 59.7 Å². The summed E-state index contributed by atoms with van der Waals surface area (Å²) in [5.41, 5.74) is -1.66. The maximum Gasteiger partial charge on any atom is 0.342 e. The Morgan fingerprint density at radius 3 is 1.76 bits per heavy atom. The molecule has 3 heteroatoms. The van der Waals surface area contributed by atoms with E-state index in [0.29, 0.717) is 5.56 Å². The number of aliphatic hydroxyl groups is 1. The minimum atomic E-state index is -1.67. The molecule has 0 fully saturated rings. The zero-order valence-electron chi connectivity index (χ0n) is 14.2. The summed E-state index contributed by atoms with van der Waals surface area (Å²) >= 11 is 0. The van der Waals surface area contributed by atoms with E-state index in [1.54, 1.807) is 12.1 Å². The van der Waals surface area contributed by atoms with Gasteiger partial charge in [0.1, 0.15) is 0 Å². The van der Waals surface area contributed by atoms with Crippen LogP contribution in [0, 0.1) is 16.7 Å². The Hall–Kier alpha value is -1.35. The van der Waals surface area contributed by atoms with Crippen molar-refractivity contribution in [1.29, 1.82) is 0 Å². The molecule has 1 N–H and O–H groups in total. The van der Waals surface area contributed by atoms with Crippen LogP contribution in [0.25, 0.3) is 0 Å². The largest absolute Gasteiger partial charge is 0.467 e. The zero-order valence-corrected chi connectivity index (χ0v) is 14.2. The van der Waals surface area contributed by atoms with E-state index in [-0.39, 0.29) is 16.7 Å². The Bertz CT molecular complexity index is 465. The van der Waals surface area contributed by atoms with Gasteiger partial charge in [0.15, 0.2) is 5.60 Å². The minimum Gasteiger partial charge on any atom is -0.467 e. The van der Waals surface area contributed by atoms with E-state index in [2.05, 4.69) is 0 Å². The van der Waals surface area contributed by atoms with Crippen LogP contribution in [-0.2, 0) is 15.1 Å². The van der Waals surface area contributed by atoms with Gasteiger partial charge < -0.3 is 9.84 Å². The molecule has 1 aromatic carbocycles. The molecule has 0 spiro atoms. The highest BCUT2D eigenvalue weighted by molar-refractivity contribution is 5.81. The predicted octanol–water partition coefficient (Wildman–Crippen LogP) is 3.76. The van der Waals surface area contributed by atoms with Crippen molar-refractivity contribution in [2.45, 2.75) is 47.1 Å². The Kier molecular flexibility index (Phi) is 4.89. The van der Waals surface area contributed by atoms with E-state index in [9.17, 15) is 9.90 Å². The summed E-state index contributed by atoms with van der Waals surface area (Å²) in [6, 6.07) is 9.07. The molecular formula is C18H28O3. The first-order chi connectivity index (χ1) is 9.45. The average Bonchev–Trinajstić information content (AvgIpc) is 2.35. The fraction of sp³-hybridized carbons (Fsp3) is 0.611. The van der Waals surface area contributed by atoms with Gasteiger partial charge in [-0.15, -0.1) is 0 Å². The van der Waals surface area contributed by atoms with Gasteiger partial charge in [-0.2, -0.15) is 0 Å². The Balaban J connectivity index is 3.60. The molecule has 118 valence electrons. The maximum absolute atomic E-state index is 12.5. The zero-order chi connectivity index (χ0) is 16.5. The summed E-state index contributed by atoms with van der Waals surface area (Å²) < 4.78 is 4.95. The lowest BCUT2D eigenvalue weighted by Crippen LogP contribution is -2.54. The first-order valence-corrected chi connectivity index (χ1v) is 7.32. The quantitative estimate of drug-likeness (QED) is 0.863. The monoisotopic (exact) mass is 292 g/mol. The van der Waals surface area contributed by atoms with Crippen LogP contribution in [0.4, 0.5) is 0 Å². The summed E-state index contributed by atoms with van der Waals surface area (Å²) in [4.78, 5) is 12.5. The smallest absolute Gasteiger partial charge is 0.342 e. The van der Waals surface area contributed by atoms with Crippen LogP contribution in [0.3, 0.4) is 0 Å². The number of methoxy groups -OCH3 is 1. The topological polar surface area (TPSA) is 46.5 Å². The van der Waals surface area contributed by atoms with Gasteiger partial charge in [0, 0.05) is 5.92 Å². The fourth-order valence-electron chi connectivity index (χ4n) is 3.80. The van der Waals surface area contributed by atoms with Crippen LogP contribution in [0.1, 0.15) is 47.1 Å². The number of rotatable bonds is 3. The van der Waals surface area contributed by atoms with Crippen molar-refractivity contribution in [3.8, 4) is 0 Å². The first-order valence-electron chi connectivity index (χ1n) is 7.32. The van der Waals surface area contributed by atoms with Gasteiger partial charge in [-0.05, 0) is 16.4 Å². The number of carbonyl (C=O) groups is 1. The molecule has 3 nitrogen and oxygen atoms in total. The summed E-state index contributed by atoms with van der Waals surface area (Å²) in [5, 5.41) is 11.4. The highest BCUT2D eigenvalue weighted by Gasteiger charge is 2.55. The molecule has 0 aromatic heterocycles. The van der Waals surface area contributed by atoms with Crippen molar-refractivity contribution >= 4 is 5.97 Å².